The van der Waals surface area contributed by atoms with E-state index in [0.29, 0.717) is 36.0 Å². The molecule has 0 aromatic carbocycles. The molecule has 0 unspecified atom stereocenters. The van der Waals surface area contributed by atoms with Crippen molar-refractivity contribution in [3.05, 3.63) is 46.4 Å². The summed E-state index contributed by atoms with van der Waals surface area (Å²) in [5, 5.41) is 19.1. The van der Waals surface area contributed by atoms with E-state index in [2.05, 4.69) is 25.7 Å². The number of carbonyl (C=O) groups is 2. The Hall–Kier alpha value is -3.63. The Morgan fingerprint density at radius 2 is 2.03 bits per heavy atom. The van der Waals surface area contributed by atoms with Gasteiger partial charge in [-0.2, -0.15) is 20.4 Å². The van der Waals surface area contributed by atoms with Crippen LogP contribution in [0.1, 0.15) is 51.0 Å². The Morgan fingerprint density at radius 3 is 2.70 bits per heavy atom. The third kappa shape index (κ3) is 4.91. The number of amides is 1. The highest BCUT2D eigenvalue weighted by molar-refractivity contribution is 5.90. The molecule has 0 radical (unpaired) electrons. The van der Waals surface area contributed by atoms with Gasteiger partial charge < -0.3 is 10.1 Å². The summed E-state index contributed by atoms with van der Waals surface area (Å²) < 4.78 is 7.82. The summed E-state index contributed by atoms with van der Waals surface area (Å²) in [6.07, 6.45) is 5.08. The van der Waals surface area contributed by atoms with Crippen molar-refractivity contribution >= 4 is 23.1 Å². The molecule has 4 rings (SSSR count). The van der Waals surface area contributed by atoms with Crippen LogP contribution in [-0.4, -0.2) is 48.1 Å². The zero-order chi connectivity index (χ0) is 23.5. The van der Waals surface area contributed by atoms with Crippen LogP contribution < -0.4 is 10.9 Å². The largest absolute Gasteiger partial charge is 0.466 e. The third-order valence-electron chi connectivity index (χ3n) is 5.68. The number of nitrogens with zero attached hydrogens (tertiary/aromatic N) is 6. The van der Waals surface area contributed by atoms with Gasteiger partial charge in [0.15, 0.2) is 5.82 Å². The van der Waals surface area contributed by atoms with Gasteiger partial charge in [-0.15, -0.1) is 0 Å². The molecule has 0 atom stereocenters. The quantitative estimate of drug-likeness (QED) is 0.508. The van der Waals surface area contributed by atoms with E-state index in [1.165, 1.54) is 17.1 Å². The van der Waals surface area contributed by atoms with Crippen molar-refractivity contribution in [2.45, 2.75) is 52.5 Å². The van der Waals surface area contributed by atoms with Crippen LogP contribution >= 0.6 is 0 Å². The van der Waals surface area contributed by atoms with Crippen molar-refractivity contribution in [3.8, 4) is 0 Å². The maximum Gasteiger partial charge on any atom is 0.308 e. The molecule has 0 spiro atoms. The molecule has 1 fully saturated rings. The van der Waals surface area contributed by atoms with E-state index < -0.39 is 5.91 Å². The van der Waals surface area contributed by atoms with Crippen LogP contribution in [0.5, 0.6) is 0 Å². The molecule has 1 amide bonds. The molecule has 3 aromatic rings. The minimum Gasteiger partial charge on any atom is -0.466 e. The number of rotatable bonds is 8. The van der Waals surface area contributed by atoms with Gasteiger partial charge in [-0.1, -0.05) is 13.8 Å². The molecule has 1 saturated carbocycles. The first-order valence-electron chi connectivity index (χ1n) is 11.1. The number of fused-ring (bicyclic) bond motifs is 1. The van der Waals surface area contributed by atoms with Crippen molar-refractivity contribution in [3.63, 3.8) is 0 Å². The van der Waals surface area contributed by atoms with E-state index in [9.17, 15) is 14.4 Å². The molecule has 0 aliphatic heterocycles. The van der Waals surface area contributed by atoms with E-state index in [1.54, 1.807) is 23.6 Å². The fourth-order valence-corrected chi connectivity index (χ4v) is 4.02. The molecule has 0 bridgehead atoms. The number of carbonyl (C=O) groups excluding carboxylic acids is 2. The normalized spacial score (nSPS) is 17.7. The summed E-state index contributed by atoms with van der Waals surface area (Å²) >= 11 is 0. The number of aromatic nitrogens is 6. The zero-order valence-corrected chi connectivity index (χ0v) is 18.9. The minimum atomic E-state index is -0.393. The van der Waals surface area contributed by atoms with E-state index >= 15 is 0 Å². The molecule has 174 valence electrons. The number of hydrogen-bond acceptors (Lipinski definition) is 8. The molecule has 33 heavy (non-hydrogen) atoms. The number of esters is 1. The lowest BCUT2D eigenvalue weighted by molar-refractivity contribution is -0.152. The van der Waals surface area contributed by atoms with Crippen LogP contribution in [0.3, 0.4) is 0 Å². The van der Waals surface area contributed by atoms with Crippen LogP contribution in [0.25, 0.3) is 5.52 Å². The molecular weight excluding hydrogens is 426 g/mol. The minimum absolute atomic E-state index is 0.0172. The van der Waals surface area contributed by atoms with Crippen molar-refractivity contribution in [1.29, 1.82) is 0 Å². The maximum atomic E-state index is 13.1. The van der Waals surface area contributed by atoms with Gasteiger partial charge in [-0.25, -0.2) is 9.20 Å². The van der Waals surface area contributed by atoms with E-state index in [-0.39, 0.29) is 29.9 Å². The van der Waals surface area contributed by atoms with Crippen LogP contribution in [0.15, 0.2) is 29.3 Å². The number of hydrogen-bond donors (Lipinski definition) is 1. The predicted octanol–water partition coefficient (Wildman–Crippen LogP) is 1.57. The second kappa shape index (κ2) is 9.47. The molecule has 1 aliphatic carbocycles. The fraction of sp³-hybridized carbons (Fsp3) is 0.500. The lowest BCUT2D eigenvalue weighted by Gasteiger charge is -2.32. The first-order valence-corrected chi connectivity index (χ1v) is 11.1. The van der Waals surface area contributed by atoms with E-state index in [4.69, 9.17) is 4.74 Å². The average Bonchev–Trinajstić information content (AvgIpc) is 3.17. The molecule has 1 N–H and O–H groups in total. The van der Waals surface area contributed by atoms with Crippen molar-refractivity contribution in [2.24, 2.45) is 11.8 Å². The van der Waals surface area contributed by atoms with Gasteiger partial charge in [-0.3, -0.25) is 14.4 Å². The van der Waals surface area contributed by atoms with Gasteiger partial charge >= 0.3 is 5.97 Å². The fourth-order valence-electron chi connectivity index (χ4n) is 4.02. The lowest BCUT2D eigenvalue weighted by Crippen LogP contribution is -2.33. The average molecular weight is 454 g/mol. The van der Waals surface area contributed by atoms with Gasteiger partial charge in [0.25, 0.3) is 5.56 Å². The monoisotopic (exact) mass is 453 g/mol. The molecule has 0 saturated heterocycles. The molecule has 11 nitrogen and oxygen atoms in total. The Balaban J connectivity index is 1.53. The van der Waals surface area contributed by atoms with Crippen LogP contribution in [0, 0.1) is 11.8 Å². The molecule has 3 aromatic heterocycles. The number of ether oxygens (including phenoxy) is 1. The molecule has 11 heteroatoms. The van der Waals surface area contributed by atoms with Crippen molar-refractivity contribution < 1.29 is 14.3 Å². The SMILES string of the molecule is CCOC(=O)C1CC(Cc2cc3c(=O)n(CC(=O)Nc4ccnnc4)nc(C(C)C)n3n2)C1. The summed E-state index contributed by atoms with van der Waals surface area (Å²) in [6, 6.07) is 3.37. The number of anilines is 1. The summed E-state index contributed by atoms with van der Waals surface area (Å²) in [6.45, 7) is 5.87. The maximum absolute atomic E-state index is 13.1. The Morgan fingerprint density at radius 1 is 1.24 bits per heavy atom. The van der Waals surface area contributed by atoms with Crippen LogP contribution in [0.4, 0.5) is 5.69 Å². The first kappa shape index (κ1) is 22.6. The standard InChI is InChI=1S/C22H27N7O4/c1-4-33-22(32)15-7-14(8-15)9-17-10-18-21(31)28(27-20(13(2)3)29(18)26-17)12-19(30)25-16-5-6-23-24-11-16/h5-6,10-11,13-15H,4,7-9,12H2,1-3H3,(H,23,25,30). The first-order chi connectivity index (χ1) is 15.9. The van der Waals surface area contributed by atoms with Gasteiger partial charge in [0.2, 0.25) is 5.91 Å². The molecular formula is C22H27N7O4. The summed E-state index contributed by atoms with van der Waals surface area (Å²) in [5.74, 6) is 0.311. The van der Waals surface area contributed by atoms with Gasteiger partial charge in [-0.05, 0) is 44.2 Å². The van der Waals surface area contributed by atoms with Crippen molar-refractivity contribution in [2.75, 3.05) is 11.9 Å². The van der Waals surface area contributed by atoms with Crippen molar-refractivity contribution in [1.82, 2.24) is 29.6 Å². The highest BCUT2D eigenvalue weighted by Gasteiger charge is 2.36. The highest BCUT2D eigenvalue weighted by atomic mass is 16.5. The summed E-state index contributed by atoms with van der Waals surface area (Å²) in [5.41, 5.74) is 1.25. The molecule has 1 aliphatic rings. The van der Waals surface area contributed by atoms with Crippen LogP contribution in [-0.2, 0) is 27.3 Å². The smallest absolute Gasteiger partial charge is 0.308 e. The van der Waals surface area contributed by atoms with Gasteiger partial charge in [0.1, 0.15) is 12.1 Å². The Kier molecular flexibility index (Phi) is 6.47. The van der Waals surface area contributed by atoms with Gasteiger partial charge in [0.05, 0.1) is 36.3 Å². The predicted molar refractivity (Wildman–Crippen MR) is 119 cm³/mol. The zero-order valence-electron chi connectivity index (χ0n) is 18.9. The number of nitrogens with one attached hydrogen (secondary N) is 1. The second-order valence-electron chi connectivity index (χ2n) is 8.58. The van der Waals surface area contributed by atoms with Crippen LogP contribution in [0.2, 0.25) is 0 Å². The third-order valence-corrected chi connectivity index (χ3v) is 5.68. The summed E-state index contributed by atoms with van der Waals surface area (Å²) in [4.78, 5) is 37.4. The van der Waals surface area contributed by atoms with E-state index in [0.717, 1.165) is 18.5 Å². The Bertz CT molecular complexity index is 1210. The molecule has 3 heterocycles. The topological polar surface area (TPSA) is 133 Å². The lowest BCUT2D eigenvalue weighted by atomic mass is 9.73. The van der Waals surface area contributed by atoms with Gasteiger partial charge in [0, 0.05) is 5.92 Å². The summed E-state index contributed by atoms with van der Waals surface area (Å²) in [7, 11) is 0. The Labute approximate surface area is 190 Å². The second-order valence-corrected chi connectivity index (χ2v) is 8.58. The van der Waals surface area contributed by atoms with E-state index in [1.807, 2.05) is 13.8 Å². The highest BCUT2D eigenvalue weighted by Crippen LogP contribution is 2.36.